The molecule has 1 saturated heterocycles. The fourth-order valence-electron chi connectivity index (χ4n) is 3.19. The SMILES string of the molecule is CCCN(C(=O)c1nc2nc(C)cc(C)n2n1)C1CCNCC1. The number of aryl methyl sites for hydroxylation is 2. The molecule has 0 aliphatic carbocycles. The van der Waals surface area contributed by atoms with Crippen LogP contribution in [0.15, 0.2) is 6.07 Å². The first-order valence-corrected chi connectivity index (χ1v) is 8.33. The van der Waals surface area contributed by atoms with Gasteiger partial charge in [-0.25, -0.2) is 9.50 Å². The third-order valence-corrected chi connectivity index (χ3v) is 4.28. The minimum absolute atomic E-state index is 0.0821. The first-order chi connectivity index (χ1) is 11.1. The minimum Gasteiger partial charge on any atom is -0.333 e. The van der Waals surface area contributed by atoms with E-state index in [4.69, 9.17) is 0 Å². The molecule has 1 amide bonds. The number of hydrogen-bond acceptors (Lipinski definition) is 5. The Hall–Kier alpha value is -2.02. The summed E-state index contributed by atoms with van der Waals surface area (Å²) >= 11 is 0. The smallest absolute Gasteiger partial charge is 0.293 e. The Balaban J connectivity index is 1.91. The molecular formula is C16H24N6O. The summed E-state index contributed by atoms with van der Waals surface area (Å²) in [6.07, 6.45) is 2.89. The quantitative estimate of drug-likeness (QED) is 0.921. The molecule has 1 aliphatic rings. The van der Waals surface area contributed by atoms with Crippen LogP contribution in [-0.4, -0.2) is 56.1 Å². The number of fused-ring (bicyclic) bond motifs is 1. The van der Waals surface area contributed by atoms with E-state index in [9.17, 15) is 4.79 Å². The predicted molar refractivity (Wildman–Crippen MR) is 87.5 cm³/mol. The molecule has 7 heteroatoms. The Bertz CT molecular complexity index is 704. The van der Waals surface area contributed by atoms with Crippen LogP contribution in [0.3, 0.4) is 0 Å². The lowest BCUT2D eigenvalue weighted by molar-refractivity contribution is 0.0630. The van der Waals surface area contributed by atoms with Crippen LogP contribution in [0.4, 0.5) is 0 Å². The number of rotatable bonds is 4. The van der Waals surface area contributed by atoms with E-state index in [1.807, 2.05) is 24.8 Å². The second kappa shape index (κ2) is 6.62. The first-order valence-electron chi connectivity index (χ1n) is 8.33. The van der Waals surface area contributed by atoms with E-state index in [1.54, 1.807) is 4.52 Å². The highest BCUT2D eigenvalue weighted by molar-refractivity contribution is 5.91. The maximum Gasteiger partial charge on any atom is 0.293 e. The largest absolute Gasteiger partial charge is 0.333 e. The normalized spacial score (nSPS) is 16.0. The number of nitrogens with one attached hydrogen (secondary N) is 1. The van der Waals surface area contributed by atoms with Gasteiger partial charge in [0.15, 0.2) is 0 Å². The maximum absolute atomic E-state index is 12.9. The van der Waals surface area contributed by atoms with Crippen molar-refractivity contribution in [2.45, 2.75) is 46.1 Å². The molecule has 0 saturated carbocycles. The van der Waals surface area contributed by atoms with Crippen molar-refractivity contribution >= 4 is 11.7 Å². The number of aromatic nitrogens is 4. The number of hydrogen-bond donors (Lipinski definition) is 1. The Labute approximate surface area is 136 Å². The van der Waals surface area contributed by atoms with Gasteiger partial charge in [0.2, 0.25) is 5.82 Å². The minimum atomic E-state index is -0.0821. The summed E-state index contributed by atoms with van der Waals surface area (Å²) in [6, 6.07) is 2.21. The molecule has 1 aliphatic heterocycles. The molecule has 23 heavy (non-hydrogen) atoms. The Morgan fingerprint density at radius 3 is 2.78 bits per heavy atom. The molecule has 1 N–H and O–H groups in total. The van der Waals surface area contributed by atoms with Crippen LogP contribution >= 0.6 is 0 Å². The summed E-state index contributed by atoms with van der Waals surface area (Å²) < 4.78 is 1.65. The van der Waals surface area contributed by atoms with Gasteiger partial charge >= 0.3 is 0 Å². The fourth-order valence-corrected chi connectivity index (χ4v) is 3.19. The molecule has 0 atom stereocenters. The standard InChI is InChI=1S/C16H24N6O/c1-4-9-21(13-5-7-17-8-6-13)15(23)14-19-16-18-11(2)10-12(3)22(16)20-14/h10,13,17H,4-9H2,1-3H3. The maximum atomic E-state index is 12.9. The summed E-state index contributed by atoms with van der Waals surface area (Å²) in [4.78, 5) is 23.6. The Morgan fingerprint density at radius 2 is 2.09 bits per heavy atom. The van der Waals surface area contributed by atoms with Crippen molar-refractivity contribution in [2.75, 3.05) is 19.6 Å². The molecule has 1 fully saturated rings. The van der Waals surface area contributed by atoms with Crippen molar-refractivity contribution in [2.24, 2.45) is 0 Å². The highest BCUT2D eigenvalue weighted by Crippen LogP contribution is 2.16. The fraction of sp³-hybridized carbons (Fsp3) is 0.625. The number of nitrogens with zero attached hydrogens (tertiary/aromatic N) is 5. The predicted octanol–water partition coefficient (Wildman–Crippen LogP) is 1.35. The van der Waals surface area contributed by atoms with Gasteiger partial charge in [-0.05, 0) is 52.3 Å². The van der Waals surface area contributed by atoms with Gasteiger partial charge in [-0.2, -0.15) is 4.98 Å². The molecule has 0 unspecified atom stereocenters. The Morgan fingerprint density at radius 1 is 1.35 bits per heavy atom. The van der Waals surface area contributed by atoms with E-state index < -0.39 is 0 Å². The average Bonchev–Trinajstić information content (AvgIpc) is 2.97. The first kappa shape index (κ1) is 15.9. The van der Waals surface area contributed by atoms with Gasteiger partial charge in [0.25, 0.3) is 11.7 Å². The van der Waals surface area contributed by atoms with Crippen LogP contribution in [0.25, 0.3) is 5.78 Å². The second-order valence-electron chi connectivity index (χ2n) is 6.17. The summed E-state index contributed by atoms with van der Waals surface area (Å²) in [5.74, 6) is 0.659. The molecule has 0 bridgehead atoms. The lowest BCUT2D eigenvalue weighted by atomic mass is 10.0. The van der Waals surface area contributed by atoms with Gasteiger partial charge in [0.1, 0.15) is 0 Å². The van der Waals surface area contributed by atoms with Crippen LogP contribution in [0.5, 0.6) is 0 Å². The van der Waals surface area contributed by atoms with Crippen molar-refractivity contribution in [1.29, 1.82) is 0 Å². The lowest BCUT2D eigenvalue weighted by Crippen LogP contribution is -2.46. The van der Waals surface area contributed by atoms with E-state index in [0.29, 0.717) is 5.78 Å². The zero-order chi connectivity index (χ0) is 16.4. The number of amides is 1. The molecule has 7 nitrogen and oxygen atoms in total. The summed E-state index contributed by atoms with van der Waals surface area (Å²) in [5.41, 5.74) is 1.81. The molecule has 2 aromatic rings. The van der Waals surface area contributed by atoms with Gasteiger partial charge in [-0.3, -0.25) is 4.79 Å². The van der Waals surface area contributed by atoms with Crippen molar-refractivity contribution in [3.8, 4) is 0 Å². The van der Waals surface area contributed by atoms with Crippen LogP contribution in [0.1, 0.15) is 48.2 Å². The highest BCUT2D eigenvalue weighted by atomic mass is 16.2. The topological polar surface area (TPSA) is 75.4 Å². The van der Waals surface area contributed by atoms with Crippen LogP contribution in [-0.2, 0) is 0 Å². The van der Waals surface area contributed by atoms with Gasteiger partial charge in [0.05, 0.1) is 0 Å². The van der Waals surface area contributed by atoms with Gasteiger partial charge in [0, 0.05) is 24.0 Å². The molecule has 3 rings (SSSR count). The van der Waals surface area contributed by atoms with Crippen molar-refractivity contribution < 1.29 is 4.79 Å². The lowest BCUT2D eigenvalue weighted by Gasteiger charge is -2.33. The summed E-state index contributed by atoms with van der Waals surface area (Å²) in [5, 5.41) is 7.73. The highest BCUT2D eigenvalue weighted by Gasteiger charge is 2.28. The molecule has 0 spiro atoms. The van der Waals surface area contributed by atoms with E-state index in [1.165, 1.54) is 0 Å². The third kappa shape index (κ3) is 3.19. The monoisotopic (exact) mass is 316 g/mol. The average molecular weight is 316 g/mol. The van der Waals surface area contributed by atoms with E-state index in [-0.39, 0.29) is 17.8 Å². The van der Waals surface area contributed by atoms with Crippen molar-refractivity contribution in [3.63, 3.8) is 0 Å². The summed E-state index contributed by atoms with van der Waals surface area (Å²) in [7, 11) is 0. The summed E-state index contributed by atoms with van der Waals surface area (Å²) in [6.45, 7) is 8.61. The van der Waals surface area contributed by atoms with E-state index in [2.05, 4.69) is 27.3 Å². The van der Waals surface area contributed by atoms with Crippen molar-refractivity contribution in [1.82, 2.24) is 29.8 Å². The van der Waals surface area contributed by atoms with Crippen molar-refractivity contribution in [3.05, 3.63) is 23.3 Å². The molecular weight excluding hydrogens is 292 g/mol. The molecule has 0 aromatic carbocycles. The van der Waals surface area contributed by atoms with E-state index >= 15 is 0 Å². The zero-order valence-corrected chi connectivity index (χ0v) is 14.0. The number of carbonyl (C=O) groups is 1. The van der Waals surface area contributed by atoms with Crippen LogP contribution in [0.2, 0.25) is 0 Å². The van der Waals surface area contributed by atoms with Crippen LogP contribution < -0.4 is 5.32 Å². The van der Waals surface area contributed by atoms with Gasteiger partial charge in [-0.15, -0.1) is 5.10 Å². The second-order valence-corrected chi connectivity index (χ2v) is 6.17. The third-order valence-electron chi connectivity index (χ3n) is 4.28. The van der Waals surface area contributed by atoms with E-state index in [0.717, 1.165) is 50.3 Å². The molecule has 124 valence electrons. The van der Waals surface area contributed by atoms with Crippen LogP contribution in [0, 0.1) is 13.8 Å². The number of carbonyl (C=O) groups excluding carboxylic acids is 1. The molecule has 3 heterocycles. The van der Waals surface area contributed by atoms with Gasteiger partial charge < -0.3 is 10.2 Å². The number of piperidine rings is 1. The zero-order valence-electron chi connectivity index (χ0n) is 14.0. The molecule has 2 aromatic heterocycles. The Kier molecular flexibility index (Phi) is 4.56. The molecule has 0 radical (unpaired) electrons. The van der Waals surface area contributed by atoms with Gasteiger partial charge in [-0.1, -0.05) is 6.92 Å².